The molecule has 0 amide bonds. The lowest BCUT2D eigenvalue weighted by atomic mass is 9.94. The van der Waals surface area contributed by atoms with E-state index < -0.39 is 0 Å². The molecule has 146 valence electrons. The van der Waals surface area contributed by atoms with Crippen LogP contribution in [0.4, 0.5) is 0 Å². The Bertz CT molecular complexity index is 842. The Labute approximate surface area is 161 Å². The molecule has 0 aromatic carbocycles. The quantitative estimate of drug-likeness (QED) is 0.576. The van der Waals surface area contributed by atoms with E-state index in [1.165, 1.54) is 0 Å². The van der Waals surface area contributed by atoms with Crippen LogP contribution in [0.1, 0.15) is 75.4 Å². The maximum absolute atomic E-state index is 4.62. The minimum Gasteiger partial charge on any atom is -0.335 e. The molecule has 3 rings (SSSR count). The fourth-order valence-electron chi connectivity index (χ4n) is 3.17. The molecule has 0 aliphatic rings. The van der Waals surface area contributed by atoms with Gasteiger partial charge in [-0.1, -0.05) is 32.9 Å². The fraction of sp³-hybridized carbons (Fsp3) is 0.600. The third kappa shape index (κ3) is 5.05. The maximum Gasteiger partial charge on any atom is 0.0950 e. The van der Waals surface area contributed by atoms with Crippen LogP contribution in [0.3, 0.4) is 0 Å². The van der Waals surface area contributed by atoms with Crippen LogP contribution in [-0.2, 0) is 20.1 Å². The molecular weight excluding hydrogens is 338 g/mol. The summed E-state index contributed by atoms with van der Waals surface area (Å²) in [5.74, 6) is 1.32. The summed E-state index contributed by atoms with van der Waals surface area (Å²) < 4.78 is 5.94. The van der Waals surface area contributed by atoms with E-state index in [4.69, 9.17) is 0 Å². The van der Waals surface area contributed by atoms with Crippen LogP contribution in [0.25, 0.3) is 0 Å². The molecule has 0 spiro atoms. The number of hydrogen-bond donors (Lipinski definition) is 0. The summed E-state index contributed by atoms with van der Waals surface area (Å²) in [7, 11) is 1.91. The highest BCUT2D eigenvalue weighted by Crippen LogP contribution is 2.25. The second-order valence-corrected chi connectivity index (χ2v) is 7.89. The Hall–Kier alpha value is -2.44. The first-order valence-corrected chi connectivity index (χ1v) is 9.83. The molecule has 0 aliphatic heterocycles. The van der Waals surface area contributed by atoms with Gasteiger partial charge in [0.15, 0.2) is 0 Å². The summed E-state index contributed by atoms with van der Waals surface area (Å²) in [5.41, 5.74) is 3.37. The lowest BCUT2D eigenvalue weighted by molar-refractivity contribution is 0.524. The summed E-state index contributed by atoms with van der Waals surface area (Å²) in [5, 5.41) is 12.9. The standard InChI is InChI=1S/C20H31N7/c1-15(2)18-8-9-27(23-18)11-10-26-13-19(21-14-26)16(3)6-7-17(4)20-12-25(5)24-22-20/h8-9,12-17H,6-7,10-11H2,1-5H3. The van der Waals surface area contributed by atoms with E-state index in [1.54, 1.807) is 4.68 Å². The molecule has 27 heavy (non-hydrogen) atoms. The smallest absolute Gasteiger partial charge is 0.0950 e. The molecule has 3 aromatic heterocycles. The molecule has 2 unspecified atom stereocenters. The van der Waals surface area contributed by atoms with Gasteiger partial charge in [-0.2, -0.15) is 5.10 Å². The average molecular weight is 370 g/mol. The summed E-state index contributed by atoms with van der Waals surface area (Å²) in [6.07, 6.45) is 10.3. The van der Waals surface area contributed by atoms with Gasteiger partial charge >= 0.3 is 0 Å². The van der Waals surface area contributed by atoms with Gasteiger partial charge < -0.3 is 4.57 Å². The summed E-state index contributed by atoms with van der Waals surface area (Å²) >= 11 is 0. The molecule has 0 fully saturated rings. The van der Waals surface area contributed by atoms with E-state index in [9.17, 15) is 0 Å². The molecular formula is C20H31N7. The van der Waals surface area contributed by atoms with Gasteiger partial charge in [0.25, 0.3) is 0 Å². The lowest BCUT2D eigenvalue weighted by Crippen LogP contribution is -2.07. The molecule has 7 nitrogen and oxygen atoms in total. The number of rotatable bonds is 9. The van der Waals surface area contributed by atoms with Crippen molar-refractivity contribution in [3.63, 3.8) is 0 Å². The Morgan fingerprint density at radius 2 is 1.67 bits per heavy atom. The minimum absolute atomic E-state index is 0.415. The van der Waals surface area contributed by atoms with Crippen molar-refractivity contribution in [1.29, 1.82) is 0 Å². The van der Waals surface area contributed by atoms with Crippen LogP contribution in [0.5, 0.6) is 0 Å². The molecule has 0 aliphatic carbocycles. The van der Waals surface area contributed by atoms with E-state index in [1.807, 2.05) is 24.3 Å². The third-order valence-corrected chi connectivity index (χ3v) is 5.16. The lowest BCUT2D eigenvalue weighted by Gasteiger charge is -2.12. The van der Waals surface area contributed by atoms with Crippen LogP contribution >= 0.6 is 0 Å². The summed E-state index contributed by atoms with van der Waals surface area (Å²) in [6.45, 7) is 10.5. The SMILES string of the molecule is CC(C)c1ccn(CCn2cnc(C(C)CCC(C)c3cn(C)nn3)c2)n1. The van der Waals surface area contributed by atoms with Crippen LogP contribution in [-0.4, -0.2) is 34.3 Å². The molecule has 0 bridgehead atoms. The molecule has 2 atom stereocenters. The third-order valence-electron chi connectivity index (χ3n) is 5.16. The fourth-order valence-corrected chi connectivity index (χ4v) is 3.17. The highest BCUT2D eigenvalue weighted by Gasteiger charge is 2.14. The van der Waals surface area contributed by atoms with Crippen LogP contribution in [0, 0.1) is 0 Å². The normalized spacial score (nSPS) is 14.0. The predicted octanol–water partition coefficient (Wildman–Crippen LogP) is 3.72. The molecule has 3 heterocycles. The van der Waals surface area contributed by atoms with Gasteiger partial charge in [-0.25, -0.2) is 4.98 Å². The van der Waals surface area contributed by atoms with Gasteiger partial charge in [0.05, 0.1) is 30.0 Å². The summed E-state index contributed by atoms with van der Waals surface area (Å²) in [6, 6.07) is 2.10. The van der Waals surface area contributed by atoms with Crippen molar-refractivity contribution in [2.24, 2.45) is 7.05 Å². The van der Waals surface area contributed by atoms with Gasteiger partial charge in [0.2, 0.25) is 0 Å². The molecule has 0 N–H and O–H groups in total. The van der Waals surface area contributed by atoms with Gasteiger partial charge in [-0.15, -0.1) is 5.10 Å². The van der Waals surface area contributed by atoms with Crippen LogP contribution in [0.15, 0.2) is 31.0 Å². The largest absolute Gasteiger partial charge is 0.335 e. The Kier molecular flexibility index (Phi) is 6.08. The number of nitrogens with zero attached hydrogens (tertiary/aromatic N) is 7. The predicted molar refractivity (Wildman–Crippen MR) is 106 cm³/mol. The number of aryl methyl sites for hydroxylation is 3. The van der Waals surface area contributed by atoms with Gasteiger partial charge in [-0.3, -0.25) is 9.36 Å². The van der Waals surface area contributed by atoms with Crippen molar-refractivity contribution in [2.45, 2.75) is 71.4 Å². The number of imidazole rings is 1. The minimum atomic E-state index is 0.415. The topological polar surface area (TPSA) is 66.3 Å². The van der Waals surface area contributed by atoms with E-state index in [2.05, 4.69) is 71.1 Å². The van der Waals surface area contributed by atoms with Crippen LogP contribution < -0.4 is 0 Å². The molecule has 7 heteroatoms. The first-order chi connectivity index (χ1) is 12.9. The van der Waals surface area contributed by atoms with Crippen molar-refractivity contribution in [3.05, 3.63) is 48.1 Å². The van der Waals surface area contributed by atoms with Crippen molar-refractivity contribution in [2.75, 3.05) is 0 Å². The van der Waals surface area contributed by atoms with Gasteiger partial charge in [0.1, 0.15) is 0 Å². The molecule has 0 saturated heterocycles. The second-order valence-electron chi connectivity index (χ2n) is 7.89. The van der Waals surface area contributed by atoms with Crippen molar-refractivity contribution >= 4 is 0 Å². The highest BCUT2D eigenvalue weighted by atomic mass is 15.4. The van der Waals surface area contributed by atoms with Gasteiger partial charge in [0, 0.05) is 38.1 Å². The van der Waals surface area contributed by atoms with E-state index in [-0.39, 0.29) is 0 Å². The molecule has 3 aromatic rings. The first kappa shape index (κ1) is 19.3. The zero-order valence-corrected chi connectivity index (χ0v) is 17.1. The summed E-state index contributed by atoms with van der Waals surface area (Å²) in [4.78, 5) is 4.62. The Morgan fingerprint density at radius 1 is 0.926 bits per heavy atom. The highest BCUT2D eigenvalue weighted by molar-refractivity contribution is 5.06. The number of aromatic nitrogens is 7. The second kappa shape index (κ2) is 8.50. The van der Waals surface area contributed by atoms with Crippen LogP contribution in [0.2, 0.25) is 0 Å². The zero-order chi connectivity index (χ0) is 19.4. The Balaban J connectivity index is 1.48. The Morgan fingerprint density at radius 3 is 2.30 bits per heavy atom. The van der Waals surface area contributed by atoms with E-state index >= 15 is 0 Å². The van der Waals surface area contributed by atoms with Crippen molar-refractivity contribution in [3.8, 4) is 0 Å². The van der Waals surface area contributed by atoms with Crippen molar-refractivity contribution in [1.82, 2.24) is 34.3 Å². The van der Waals surface area contributed by atoms with Crippen molar-refractivity contribution < 1.29 is 0 Å². The van der Waals surface area contributed by atoms with E-state index in [0.29, 0.717) is 17.8 Å². The number of hydrogen-bond acceptors (Lipinski definition) is 4. The van der Waals surface area contributed by atoms with E-state index in [0.717, 1.165) is 43.0 Å². The first-order valence-electron chi connectivity index (χ1n) is 9.83. The zero-order valence-electron chi connectivity index (χ0n) is 17.1. The monoisotopic (exact) mass is 369 g/mol. The molecule has 0 saturated carbocycles. The average Bonchev–Trinajstić information content (AvgIpc) is 3.37. The van der Waals surface area contributed by atoms with Gasteiger partial charge in [-0.05, 0) is 30.7 Å². The molecule has 0 radical (unpaired) electrons. The maximum atomic E-state index is 4.62.